The number of hydrogen-bond donors (Lipinski definition) is 0. The number of ether oxygens (including phenoxy) is 2. The van der Waals surface area contributed by atoms with E-state index >= 15 is 0 Å². The number of alkyl halides is 1. The van der Waals surface area contributed by atoms with E-state index < -0.39 is 5.67 Å². The fourth-order valence-corrected chi connectivity index (χ4v) is 3.62. The van der Waals surface area contributed by atoms with Crippen molar-refractivity contribution in [3.8, 4) is 0 Å². The molecule has 1 aromatic heterocycles. The Morgan fingerprint density at radius 3 is 3.09 bits per heavy atom. The van der Waals surface area contributed by atoms with Gasteiger partial charge in [-0.1, -0.05) is 6.07 Å². The molecule has 2 bridgehead atoms. The number of rotatable bonds is 4. The van der Waals surface area contributed by atoms with E-state index in [4.69, 9.17) is 9.47 Å². The van der Waals surface area contributed by atoms with Gasteiger partial charge in [-0.05, 0) is 37.3 Å². The number of carbonyl (C=O) groups excluding carboxylic acids is 1. The Bertz CT molecular complexity index is 578. The molecule has 2 aliphatic carbocycles. The van der Waals surface area contributed by atoms with Crippen molar-refractivity contribution in [2.45, 2.75) is 56.2 Å². The predicted octanol–water partition coefficient (Wildman–Crippen LogP) is 1.86. The van der Waals surface area contributed by atoms with Gasteiger partial charge in [0.05, 0.1) is 25.4 Å². The van der Waals surface area contributed by atoms with E-state index in [0.717, 1.165) is 18.4 Å². The lowest BCUT2D eigenvalue weighted by atomic mass is 10.1. The SMILES string of the molecule is O=C(N1CCOC2CCC1C2OCc1cccnc1)C1(F)CC1. The van der Waals surface area contributed by atoms with Gasteiger partial charge in [0.25, 0.3) is 5.91 Å². The number of pyridine rings is 1. The molecule has 4 rings (SSSR count). The highest BCUT2D eigenvalue weighted by Gasteiger charge is 2.56. The Morgan fingerprint density at radius 1 is 1.48 bits per heavy atom. The second kappa shape index (κ2) is 5.83. The van der Waals surface area contributed by atoms with Gasteiger partial charge in [-0.3, -0.25) is 9.78 Å². The summed E-state index contributed by atoms with van der Waals surface area (Å²) in [5.41, 5.74) is -0.644. The van der Waals surface area contributed by atoms with Gasteiger partial charge < -0.3 is 14.4 Å². The summed E-state index contributed by atoms with van der Waals surface area (Å²) in [5.74, 6) is -0.372. The van der Waals surface area contributed by atoms with Crippen LogP contribution in [-0.2, 0) is 20.9 Å². The molecular weight excluding hydrogens is 299 g/mol. The number of halogens is 1. The molecule has 1 saturated heterocycles. The predicted molar refractivity (Wildman–Crippen MR) is 80.4 cm³/mol. The molecule has 2 heterocycles. The van der Waals surface area contributed by atoms with Gasteiger partial charge >= 0.3 is 0 Å². The highest BCUT2D eigenvalue weighted by Crippen LogP contribution is 2.43. The van der Waals surface area contributed by atoms with Crippen LogP contribution in [0.15, 0.2) is 24.5 Å². The van der Waals surface area contributed by atoms with Crippen LogP contribution in [0.1, 0.15) is 31.2 Å². The van der Waals surface area contributed by atoms with Crippen LogP contribution in [0.4, 0.5) is 4.39 Å². The zero-order valence-electron chi connectivity index (χ0n) is 13.0. The Balaban J connectivity index is 1.48. The van der Waals surface area contributed by atoms with Crippen LogP contribution < -0.4 is 0 Å². The van der Waals surface area contributed by atoms with Crippen molar-refractivity contribution in [1.82, 2.24) is 9.88 Å². The lowest BCUT2D eigenvalue weighted by molar-refractivity contribution is -0.143. The maximum Gasteiger partial charge on any atom is 0.260 e. The number of hydrogen-bond acceptors (Lipinski definition) is 4. The van der Waals surface area contributed by atoms with Gasteiger partial charge in [-0.25, -0.2) is 4.39 Å². The van der Waals surface area contributed by atoms with Crippen LogP contribution in [0.3, 0.4) is 0 Å². The summed E-state index contributed by atoms with van der Waals surface area (Å²) in [5, 5.41) is 0. The van der Waals surface area contributed by atoms with Gasteiger partial charge in [0, 0.05) is 18.9 Å². The first-order valence-electron chi connectivity index (χ1n) is 8.29. The second-order valence-corrected chi connectivity index (χ2v) is 6.65. The lowest BCUT2D eigenvalue weighted by Crippen LogP contribution is -2.49. The number of fused-ring (bicyclic) bond motifs is 2. The Hall–Kier alpha value is -1.53. The molecule has 2 saturated carbocycles. The molecule has 124 valence electrons. The van der Waals surface area contributed by atoms with E-state index in [1.54, 1.807) is 17.3 Å². The van der Waals surface area contributed by atoms with Crippen molar-refractivity contribution in [3.63, 3.8) is 0 Å². The number of aromatic nitrogens is 1. The number of amides is 1. The fourth-order valence-electron chi connectivity index (χ4n) is 3.62. The molecule has 3 aliphatic rings. The normalized spacial score (nSPS) is 31.7. The highest BCUT2D eigenvalue weighted by molar-refractivity contribution is 5.88. The fraction of sp³-hybridized carbons (Fsp3) is 0.647. The van der Waals surface area contributed by atoms with E-state index in [2.05, 4.69) is 4.98 Å². The summed E-state index contributed by atoms with van der Waals surface area (Å²) < 4.78 is 26.2. The van der Waals surface area contributed by atoms with Crippen LogP contribution in [-0.4, -0.2) is 52.9 Å². The van der Waals surface area contributed by atoms with E-state index in [1.807, 2.05) is 12.1 Å². The monoisotopic (exact) mass is 320 g/mol. The summed E-state index contributed by atoms with van der Waals surface area (Å²) in [7, 11) is 0. The van der Waals surface area contributed by atoms with Crippen LogP contribution in [0.5, 0.6) is 0 Å². The molecule has 23 heavy (non-hydrogen) atoms. The third-order valence-corrected chi connectivity index (χ3v) is 5.06. The summed E-state index contributed by atoms with van der Waals surface area (Å²) in [6.45, 7) is 1.34. The van der Waals surface area contributed by atoms with Gasteiger partial charge in [-0.2, -0.15) is 0 Å². The van der Waals surface area contributed by atoms with E-state index in [9.17, 15) is 9.18 Å². The molecule has 1 amide bonds. The van der Waals surface area contributed by atoms with Crippen molar-refractivity contribution >= 4 is 5.91 Å². The van der Waals surface area contributed by atoms with E-state index in [0.29, 0.717) is 32.6 Å². The number of carbonyl (C=O) groups is 1. The first kappa shape index (κ1) is 15.0. The zero-order valence-corrected chi connectivity index (χ0v) is 13.0. The molecule has 0 aromatic carbocycles. The van der Waals surface area contributed by atoms with Gasteiger partial charge in [-0.15, -0.1) is 0 Å². The molecule has 6 heteroatoms. The molecule has 0 spiro atoms. The smallest absolute Gasteiger partial charge is 0.260 e. The van der Waals surface area contributed by atoms with E-state index in [-0.39, 0.29) is 24.2 Å². The summed E-state index contributed by atoms with van der Waals surface area (Å²) in [6.07, 6.45) is 5.65. The molecule has 0 radical (unpaired) electrons. The van der Waals surface area contributed by atoms with Crippen molar-refractivity contribution < 1.29 is 18.7 Å². The van der Waals surface area contributed by atoms with Gasteiger partial charge in [0.1, 0.15) is 6.10 Å². The van der Waals surface area contributed by atoms with Crippen molar-refractivity contribution in [2.24, 2.45) is 0 Å². The molecule has 0 N–H and O–H groups in total. The summed E-state index contributed by atoms with van der Waals surface area (Å²) in [4.78, 5) is 18.2. The molecule has 3 unspecified atom stereocenters. The first-order valence-corrected chi connectivity index (χ1v) is 8.29. The minimum Gasteiger partial charge on any atom is -0.374 e. The van der Waals surface area contributed by atoms with Crippen LogP contribution in [0.2, 0.25) is 0 Å². The third kappa shape index (κ3) is 2.85. The molecule has 3 atom stereocenters. The third-order valence-electron chi connectivity index (χ3n) is 5.06. The first-order chi connectivity index (χ1) is 11.2. The van der Waals surface area contributed by atoms with Gasteiger partial charge in [0.2, 0.25) is 0 Å². The Labute approximate surface area is 134 Å². The van der Waals surface area contributed by atoms with Crippen molar-refractivity contribution in [3.05, 3.63) is 30.1 Å². The quantitative estimate of drug-likeness (QED) is 0.850. The topological polar surface area (TPSA) is 51.7 Å². The molecule has 3 fully saturated rings. The standard InChI is InChI=1S/C17H21FN2O3/c18-17(5-6-17)16(21)20-8-9-22-14-4-3-13(20)15(14)23-11-12-2-1-7-19-10-12/h1-2,7,10,13-15H,3-6,8-9,11H2. The maximum absolute atomic E-state index is 14.2. The second-order valence-electron chi connectivity index (χ2n) is 6.65. The van der Waals surface area contributed by atoms with Crippen molar-refractivity contribution in [1.29, 1.82) is 0 Å². The Kier molecular flexibility index (Phi) is 3.81. The lowest BCUT2D eigenvalue weighted by Gasteiger charge is -2.32. The van der Waals surface area contributed by atoms with Crippen LogP contribution in [0, 0.1) is 0 Å². The molecule has 1 aromatic rings. The van der Waals surface area contributed by atoms with E-state index in [1.165, 1.54) is 0 Å². The maximum atomic E-state index is 14.2. The Morgan fingerprint density at radius 2 is 2.35 bits per heavy atom. The molecular formula is C17H21FN2O3. The van der Waals surface area contributed by atoms with Crippen LogP contribution in [0.25, 0.3) is 0 Å². The molecule has 1 aliphatic heterocycles. The number of nitrogens with zero attached hydrogens (tertiary/aromatic N) is 2. The zero-order chi connectivity index (χ0) is 15.9. The van der Waals surface area contributed by atoms with Gasteiger partial charge in [0.15, 0.2) is 5.67 Å². The highest BCUT2D eigenvalue weighted by atomic mass is 19.1. The minimum atomic E-state index is -1.63. The van der Waals surface area contributed by atoms with Crippen LogP contribution >= 0.6 is 0 Å². The average molecular weight is 320 g/mol. The van der Waals surface area contributed by atoms with Crippen molar-refractivity contribution in [2.75, 3.05) is 13.2 Å². The summed E-state index contributed by atoms with van der Waals surface area (Å²) in [6, 6.07) is 3.74. The minimum absolute atomic E-state index is 0.00997. The largest absolute Gasteiger partial charge is 0.374 e. The average Bonchev–Trinajstić information content (AvgIpc) is 3.22. The summed E-state index contributed by atoms with van der Waals surface area (Å²) >= 11 is 0. The molecule has 5 nitrogen and oxygen atoms in total.